The molecule has 3 nitrogen and oxygen atoms in total. The Morgan fingerprint density at radius 2 is 1.93 bits per heavy atom. The van der Waals surface area contributed by atoms with Gasteiger partial charge in [0.15, 0.2) is 0 Å². The molecular weight excluding hydrogens is 410 g/mol. The highest BCUT2D eigenvalue weighted by Gasteiger charge is 2.17. The van der Waals surface area contributed by atoms with E-state index in [0.717, 1.165) is 42.9 Å². The lowest BCUT2D eigenvalue weighted by molar-refractivity contribution is 0.153. The second kappa shape index (κ2) is 10.8. The summed E-state index contributed by atoms with van der Waals surface area (Å²) in [4.78, 5) is 2.28. The van der Waals surface area contributed by atoms with Gasteiger partial charge in [-0.2, -0.15) is 0 Å². The minimum Gasteiger partial charge on any atom is -0.457 e. The molecule has 0 radical (unpaired) electrons. The maximum atomic E-state index is 13.2. The molecule has 1 fully saturated rings. The smallest absolute Gasteiger partial charge is 0.132 e. The van der Waals surface area contributed by atoms with Gasteiger partial charge in [0.2, 0.25) is 0 Å². The molecule has 29 heavy (non-hydrogen) atoms. The number of benzene rings is 2. The summed E-state index contributed by atoms with van der Waals surface area (Å²) in [6.07, 6.45) is 1.43. The van der Waals surface area contributed by atoms with E-state index in [1.54, 1.807) is 18.2 Å². The van der Waals surface area contributed by atoms with Crippen molar-refractivity contribution in [2.45, 2.75) is 32.0 Å². The Morgan fingerprint density at radius 3 is 2.66 bits per heavy atom. The third kappa shape index (κ3) is 6.62. The van der Waals surface area contributed by atoms with Crippen molar-refractivity contribution in [1.29, 1.82) is 0 Å². The van der Waals surface area contributed by atoms with Gasteiger partial charge in [-0.25, -0.2) is 4.39 Å². The molecule has 6 heteroatoms. The van der Waals surface area contributed by atoms with Crippen LogP contribution >= 0.6 is 23.2 Å². The summed E-state index contributed by atoms with van der Waals surface area (Å²) in [5, 5.41) is 4.11. The number of piperidine rings is 1. The third-order valence-corrected chi connectivity index (χ3v) is 5.59. The Morgan fingerprint density at radius 1 is 1.14 bits per heavy atom. The summed E-state index contributed by atoms with van der Waals surface area (Å²) < 4.78 is 19.2. The lowest BCUT2D eigenvalue weighted by Crippen LogP contribution is -2.34. The molecule has 1 aliphatic rings. The summed E-state index contributed by atoms with van der Waals surface area (Å²) in [6, 6.07) is 11.1. The molecule has 1 saturated heterocycles. The first kappa shape index (κ1) is 21.9. The third-order valence-electron chi connectivity index (χ3n) is 4.85. The Hall–Kier alpha value is -1.77. The number of hydrogen-bond donors (Lipinski definition) is 1. The molecule has 2 aromatic rings. The van der Waals surface area contributed by atoms with Crippen molar-refractivity contribution >= 4 is 23.2 Å². The van der Waals surface area contributed by atoms with Gasteiger partial charge in [-0.3, -0.25) is 0 Å². The molecule has 1 aliphatic heterocycles. The van der Waals surface area contributed by atoms with Crippen molar-refractivity contribution < 1.29 is 9.13 Å². The Labute approximate surface area is 182 Å². The second-order valence-corrected chi connectivity index (χ2v) is 7.91. The zero-order valence-corrected chi connectivity index (χ0v) is 18.0. The van der Waals surface area contributed by atoms with Crippen LogP contribution in [0.4, 0.5) is 4.39 Å². The minimum atomic E-state index is -0.632. The molecule has 2 aromatic carbocycles. The SMILES string of the molecule is CNCc1cc(C#CCCN2CCC(F)CC2)ccc1Oc1ccc(Cl)c(Cl)c1. The highest BCUT2D eigenvalue weighted by atomic mass is 35.5. The van der Waals surface area contributed by atoms with Crippen LogP contribution in [0, 0.1) is 11.8 Å². The quantitative estimate of drug-likeness (QED) is 0.591. The molecule has 0 unspecified atom stereocenters. The van der Waals surface area contributed by atoms with Crippen molar-refractivity contribution in [3.63, 3.8) is 0 Å². The number of hydrogen-bond acceptors (Lipinski definition) is 3. The summed E-state index contributed by atoms with van der Waals surface area (Å²) in [6.45, 7) is 3.21. The lowest BCUT2D eigenvalue weighted by atomic mass is 10.1. The summed E-state index contributed by atoms with van der Waals surface area (Å²) in [5.74, 6) is 7.84. The molecule has 154 valence electrons. The van der Waals surface area contributed by atoms with Crippen LogP contribution in [0.5, 0.6) is 11.5 Å². The van der Waals surface area contributed by atoms with Crippen molar-refractivity contribution in [3.8, 4) is 23.3 Å². The minimum absolute atomic E-state index is 0.456. The van der Waals surface area contributed by atoms with Gasteiger partial charge in [-0.1, -0.05) is 35.0 Å². The van der Waals surface area contributed by atoms with Gasteiger partial charge in [0.25, 0.3) is 0 Å². The predicted octanol–water partition coefficient (Wildman–Crippen LogP) is 5.68. The van der Waals surface area contributed by atoms with Gasteiger partial charge in [0, 0.05) is 49.8 Å². The van der Waals surface area contributed by atoms with Crippen molar-refractivity contribution in [1.82, 2.24) is 10.2 Å². The Balaban J connectivity index is 1.63. The van der Waals surface area contributed by atoms with Crippen molar-refractivity contribution in [3.05, 3.63) is 57.6 Å². The molecule has 0 aromatic heterocycles. The zero-order chi connectivity index (χ0) is 20.6. The largest absolute Gasteiger partial charge is 0.457 e. The molecule has 0 amide bonds. The molecule has 0 bridgehead atoms. The van der Waals surface area contributed by atoms with Crippen LogP contribution < -0.4 is 10.1 Å². The Kier molecular flexibility index (Phi) is 8.20. The fraction of sp³-hybridized carbons (Fsp3) is 0.391. The van der Waals surface area contributed by atoms with Gasteiger partial charge < -0.3 is 15.0 Å². The van der Waals surface area contributed by atoms with E-state index in [9.17, 15) is 4.39 Å². The first-order chi connectivity index (χ1) is 14.0. The number of nitrogens with zero attached hydrogens (tertiary/aromatic N) is 1. The van der Waals surface area contributed by atoms with Gasteiger partial charge in [0.1, 0.15) is 17.7 Å². The highest BCUT2D eigenvalue weighted by Crippen LogP contribution is 2.31. The standard InChI is InChI=1S/C23H25Cl2FN2O/c1-27-16-18-14-17(4-2-3-11-28-12-9-19(26)10-13-28)5-8-23(18)29-20-6-7-21(24)22(25)15-20/h5-8,14-15,19,27H,3,9-13,16H2,1H3. The average Bonchev–Trinajstić information content (AvgIpc) is 2.71. The van der Waals surface area contributed by atoms with Crippen molar-refractivity contribution in [2.75, 3.05) is 26.7 Å². The second-order valence-electron chi connectivity index (χ2n) is 7.10. The maximum Gasteiger partial charge on any atom is 0.132 e. The van der Waals surface area contributed by atoms with E-state index in [4.69, 9.17) is 27.9 Å². The first-order valence-electron chi connectivity index (χ1n) is 9.81. The predicted molar refractivity (Wildman–Crippen MR) is 118 cm³/mol. The fourth-order valence-electron chi connectivity index (χ4n) is 3.26. The van der Waals surface area contributed by atoms with Gasteiger partial charge in [0.05, 0.1) is 10.0 Å². The summed E-state index contributed by atoms with van der Waals surface area (Å²) in [5.41, 5.74) is 1.95. The van der Waals surface area contributed by atoms with Crippen LogP contribution in [-0.2, 0) is 6.54 Å². The van der Waals surface area contributed by atoms with Gasteiger partial charge in [-0.05, 0) is 50.2 Å². The van der Waals surface area contributed by atoms with E-state index >= 15 is 0 Å². The number of rotatable bonds is 6. The molecule has 0 saturated carbocycles. The van der Waals surface area contributed by atoms with Gasteiger partial charge in [-0.15, -0.1) is 0 Å². The first-order valence-corrected chi connectivity index (χ1v) is 10.6. The van der Waals surface area contributed by atoms with E-state index in [0.29, 0.717) is 35.2 Å². The number of ether oxygens (including phenoxy) is 1. The van der Waals surface area contributed by atoms with Crippen LogP contribution in [0.15, 0.2) is 36.4 Å². The van der Waals surface area contributed by atoms with E-state index in [-0.39, 0.29) is 0 Å². The van der Waals surface area contributed by atoms with E-state index < -0.39 is 6.17 Å². The molecule has 1 heterocycles. The van der Waals surface area contributed by atoms with Crippen LogP contribution in [0.1, 0.15) is 30.4 Å². The monoisotopic (exact) mass is 434 g/mol. The van der Waals surface area contributed by atoms with Crippen LogP contribution in [0.25, 0.3) is 0 Å². The van der Waals surface area contributed by atoms with E-state index in [1.165, 1.54) is 0 Å². The van der Waals surface area contributed by atoms with Crippen LogP contribution in [0.3, 0.4) is 0 Å². The van der Waals surface area contributed by atoms with Crippen LogP contribution in [-0.4, -0.2) is 37.8 Å². The average molecular weight is 435 g/mol. The molecule has 0 spiro atoms. The molecule has 3 rings (SSSR count). The number of likely N-dealkylation sites (tertiary alicyclic amines) is 1. The highest BCUT2D eigenvalue weighted by molar-refractivity contribution is 6.42. The number of nitrogens with one attached hydrogen (secondary N) is 1. The molecule has 0 aliphatic carbocycles. The normalized spacial score (nSPS) is 15.0. The number of halogens is 3. The zero-order valence-electron chi connectivity index (χ0n) is 16.5. The summed E-state index contributed by atoms with van der Waals surface area (Å²) >= 11 is 12.0. The number of alkyl halides is 1. The Bertz CT molecular complexity index is 886. The molecule has 1 N–H and O–H groups in total. The summed E-state index contributed by atoms with van der Waals surface area (Å²) in [7, 11) is 1.89. The fourth-order valence-corrected chi connectivity index (χ4v) is 3.54. The molecule has 0 atom stereocenters. The lowest BCUT2D eigenvalue weighted by Gasteiger charge is -2.27. The van der Waals surface area contributed by atoms with Crippen LogP contribution in [0.2, 0.25) is 10.0 Å². The van der Waals surface area contributed by atoms with Gasteiger partial charge >= 0.3 is 0 Å². The molecular formula is C23H25Cl2FN2O. The van der Waals surface area contributed by atoms with E-state index in [2.05, 4.69) is 22.1 Å². The maximum absolute atomic E-state index is 13.2. The topological polar surface area (TPSA) is 24.5 Å². The van der Waals surface area contributed by atoms with E-state index in [1.807, 2.05) is 25.2 Å². The van der Waals surface area contributed by atoms with Crippen molar-refractivity contribution in [2.24, 2.45) is 0 Å².